The van der Waals surface area contributed by atoms with E-state index in [-0.39, 0.29) is 18.1 Å². The average Bonchev–Trinajstić information content (AvgIpc) is 2.61. The molecule has 1 atom stereocenters. The van der Waals surface area contributed by atoms with Gasteiger partial charge in [0.05, 0.1) is 19.6 Å². The molecule has 0 aliphatic carbocycles. The summed E-state index contributed by atoms with van der Waals surface area (Å²) in [5.41, 5.74) is 2.08. The first-order valence-electron chi connectivity index (χ1n) is 7.81. The second-order valence-corrected chi connectivity index (χ2v) is 5.80. The fraction of sp³-hybridized carbons (Fsp3) is 0.263. The van der Waals surface area contributed by atoms with Gasteiger partial charge in [0.15, 0.2) is 0 Å². The highest BCUT2D eigenvalue weighted by molar-refractivity contribution is 5.95. The first-order valence-corrected chi connectivity index (χ1v) is 7.81. The number of amides is 1. The fourth-order valence-electron chi connectivity index (χ4n) is 2.35. The zero-order valence-electron chi connectivity index (χ0n) is 14.5. The number of nitrogens with one attached hydrogen (secondary N) is 1. The third kappa shape index (κ3) is 5.04. The lowest BCUT2D eigenvalue weighted by atomic mass is 10.0. The Kier molecular flexibility index (Phi) is 6.11. The van der Waals surface area contributed by atoms with E-state index in [1.165, 1.54) is 19.2 Å². The Morgan fingerprint density at radius 1 is 1.08 bits per heavy atom. The molecule has 0 saturated carbocycles. The average molecular weight is 344 g/mol. The van der Waals surface area contributed by atoms with Crippen LogP contribution in [0.25, 0.3) is 0 Å². The maximum atomic E-state index is 13.1. The van der Waals surface area contributed by atoms with Crippen LogP contribution in [-0.4, -0.2) is 33.1 Å². The van der Waals surface area contributed by atoms with Gasteiger partial charge in [0.25, 0.3) is 5.91 Å². The number of anilines is 1. The van der Waals surface area contributed by atoms with Gasteiger partial charge in [-0.1, -0.05) is 12.1 Å². The maximum Gasteiger partial charge on any atom is 0.307 e. The molecule has 0 spiro atoms. The predicted molar refractivity (Wildman–Crippen MR) is 94.0 cm³/mol. The van der Waals surface area contributed by atoms with Crippen LogP contribution < -0.4 is 10.2 Å². The van der Waals surface area contributed by atoms with Crippen LogP contribution in [0.2, 0.25) is 0 Å². The summed E-state index contributed by atoms with van der Waals surface area (Å²) in [6, 6.07) is 12.2. The highest BCUT2D eigenvalue weighted by Gasteiger charge is 2.20. The molecule has 1 amide bonds. The van der Waals surface area contributed by atoms with Gasteiger partial charge in [0, 0.05) is 25.3 Å². The lowest BCUT2D eigenvalue weighted by molar-refractivity contribution is -0.141. The second-order valence-electron chi connectivity index (χ2n) is 5.80. The Labute approximate surface area is 146 Å². The molecule has 0 fully saturated rings. The van der Waals surface area contributed by atoms with Crippen LogP contribution in [0.4, 0.5) is 10.1 Å². The largest absolute Gasteiger partial charge is 0.469 e. The molecular formula is C19H21FN2O3. The smallest absolute Gasteiger partial charge is 0.307 e. The van der Waals surface area contributed by atoms with Crippen LogP contribution in [0.1, 0.15) is 28.4 Å². The number of rotatable bonds is 6. The molecule has 25 heavy (non-hydrogen) atoms. The highest BCUT2D eigenvalue weighted by Crippen LogP contribution is 2.19. The summed E-state index contributed by atoms with van der Waals surface area (Å²) in [5.74, 6) is -1.16. The highest BCUT2D eigenvalue weighted by atomic mass is 19.1. The van der Waals surface area contributed by atoms with E-state index in [9.17, 15) is 14.0 Å². The second kappa shape index (κ2) is 8.28. The molecule has 2 rings (SSSR count). The van der Waals surface area contributed by atoms with Crippen LogP contribution in [0.3, 0.4) is 0 Å². The minimum Gasteiger partial charge on any atom is -0.469 e. The van der Waals surface area contributed by atoms with Gasteiger partial charge in [-0.2, -0.15) is 0 Å². The monoisotopic (exact) mass is 344 g/mol. The van der Waals surface area contributed by atoms with Gasteiger partial charge in [-0.25, -0.2) is 4.39 Å². The quantitative estimate of drug-likeness (QED) is 0.819. The van der Waals surface area contributed by atoms with Crippen molar-refractivity contribution >= 4 is 17.6 Å². The number of carbonyl (C=O) groups excluding carboxylic acids is 2. The lowest BCUT2D eigenvalue weighted by Gasteiger charge is -2.19. The molecule has 2 aromatic carbocycles. The minimum atomic E-state index is -0.603. The Bertz CT molecular complexity index is 727. The van der Waals surface area contributed by atoms with Crippen LogP contribution in [-0.2, 0) is 9.53 Å². The Morgan fingerprint density at radius 3 is 2.20 bits per heavy atom. The predicted octanol–water partition coefficient (Wildman–Crippen LogP) is 2.93. The van der Waals surface area contributed by atoms with E-state index < -0.39 is 12.0 Å². The van der Waals surface area contributed by atoms with Gasteiger partial charge >= 0.3 is 5.97 Å². The Balaban J connectivity index is 2.18. The molecule has 0 radical (unpaired) electrons. The van der Waals surface area contributed by atoms with Gasteiger partial charge in [-0.3, -0.25) is 9.59 Å². The van der Waals surface area contributed by atoms with E-state index in [2.05, 4.69) is 10.1 Å². The number of halogens is 1. The number of hydrogen-bond donors (Lipinski definition) is 1. The van der Waals surface area contributed by atoms with Crippen LogP contribution in [0.5, 0.6) is 0 Å². The molecular weight excluding hydrogens is 323 g/mol. The number of carbonyl (C=O) groups is 2. The molecule has 0 unspecified atom stereocenters. The maximum absolute atomic E-state index is 13.1. The molecule has 0 aromatic heterocycles. The van der Waals surface area contributed by atoms with E-state index in [1.54, 1.807) is 24.3 Å². The van der Waals surface area contributed by atoms with E-state index in [0.717, 1.165) is 5.69 Å². The van der Waals surface area contributed by atoms with Crippen molar-refractivity contribution in [2.45, 2.75) is 12.5 Å². The number of benzene rings is 2. The normalized spacial score (nSPS) is 11.5. The molecule has 5 nitrogen and oxygen atoms in total. The standard InChI is InChI=1S/C19H21FN2O3/c1-22(2)16-10-6-14(7-11-16)19(24)21-17(12-18(23)25-3)13-4-8-15(20)9-5-13/h4-11,17H,12H2,1-3H3,(H,21,24)/t17-/m1/s1. The number of nitrogens with zero attached hydrogens (tertiary/aromatic N) is 1. The van der Waals surface area contributed by atoms with Gasteiger partial charge in [-0.15, -0.1) is 0 Å². The minimum absolute atomic E-state index is 0.0380. The van der Waals surface area contributed by atoms with Crippen molar-refractivity contribution in [3.63, 3.8) is 0 Å². The van der Waals surface area contributed by atoms with Gasteiger partial charge < -0.3 is 15.0 Å². The molecule has 132 valence electrons. The summed E-state index contributed by atoms with van der Waals surface area (Å²) in [5, 5.41) is 2.81. The summed E-state index contributed by atoms with van der Waals surface area (Å²) in [7, 11) is 5.11. The summed E-state index contributed by atoms with van der Waals surface area (Å²) in [4.78, 5) is 26.1. The molecule has 0 aliphatic heterocycles. The molecule has 0 heterocycles. The van der Waals surface area contributed by atoms with E-state index in [0.29, 0.717) is 11.1 Å². The first-order chi connectivity index (χ1) is 11.9. The third-order valence-corrected chi connectivity index (χ3v) is 3.82. The summed E-state index contributed by atoms with van der Waals surface area (Å²) in [6.45, 7) is 0. The van der Waals surface area contributed by atoms with Crippen molar-refractivity contribution in [2.75, 3.05) is 26.1 Å². The van der Waals surface area contributed by atoms with Crippen molar-refractivity contribution in [1.29, 1.82) is 0 Å². The molecule has 1 N–H and O–H groups in total. The zero-order valence-corrected chi connectivity index (χ0v) is 14.5. The number of esters is 1. The van der Waals surface area contributed by atoms with Crippen molar-refractivity contribution in [3.8, 4) is 0 Å². The molecule has 0 bridgehead atoms. The molecule has 6 heteroatoms. The Morgan fingerprint density at radius 2 is 1.68 bits per heavy atom. The summed E-state index contributed by atoms with van der Waals surface area (Å²) in [6.07, 6.45) is -0.0380. The van der Waals surface area contributed by atoms with Crippen molar-refractivity contribution in [1.82, 2.24) is 5.32 Å². The number of methoxy groups -OCH3 is 1. The van der Waals surface area contributed by atoms with Gasteiger partial charge in [-0.05, 0) is 42.0 Å². The SMILES string of the molecule is COC(=O)C[C@@H](NC(=O)c1ccc(N(C)C)cc1)c1ccc(F)cc1. The van der Waals surface area contributed by atoms with Crippen molar-refractivity contribution < 1.29 is 18.7 Å². The summed E-state index contributed by atoms with van der Waals surface area (Å²) < 4.78 is 17.8. The van der Waals surface area contributed by atoms with Gasteiger partial charge in [0.2, 0.25) is 0 Å². The number of hydrogen-bond acceptors (Lipinski definition) is 4. The third-order valence-electron chi connectivity index (χ3n) is 3.82. The lowest BCUT2D eigenvalue weighted by Crippen LogP contribution is -2.30. The van der Waals surface area contributed by atoms with Crippen LogP contribution >= 0.6 is 0 Å². The molecule has 2 aromatic rings. The van der Waals surface area contributed by atoms with Crippen molar-refractivity contribution in [3.05, 3.63) is 65.5 Å². The van der Waals surface area contributed by atoms with E-state index in [4.69, 9.17) is 0 Å². The molecule has 0 aliphatic rings. The zero-order chi connectivity index (χ0) is 18.4. The molecule has 0 saturated heterocycles. The van der Waals surface area contributed by atoms with Crippen molar-refractivity contribution in [2.24, 2.45) is 0 Å². The van der Waals surface area contributed by atoms with E-state index >= 15 is 0 Å². The van der Waals surface area contributed by atoms with E-state index in [1.807, 2.05) is 31.1 Å². The van der Waals surface area contributed by atoms with Crippen LogP contribution in [0, 0.1) is 5.82 Å². The van der Waals surface area contributed by atoms with Gasteiger partial charge in [0.1, 0.15) is 5.82 Å². The summed E-state index contributed by atoms with van der Waals surface area (Å²) >= 11 is 0. The topological polar surface area (TPSA) is 58.6 Å². The first kappa shape index (κ1) is 18.4. The Hall–Kier alpha value is -2.89. The fourth-order valence-corrected chi connectivity index (χ4v) is 2.35. The van der Waals surface area contributed by atoms with Crippen LogP contribution in [0.15, 0.2) is 48.5 Å². The number of ether oxygens (including phenoxy) is 1.